The van der Waals surface area contributed by atoms with Crippen LogP contribution in [0.5, 0.6) is 0 Å². The third kappa shape index (κ3) is 4.13. The van der Waals surface area contributed by atoms with Crippen molar-refractivity contribution in [1.29, 1.82) is 5.26 Å². The smallest absolute Gasteiger partial charge is 0.333 e. The Balaban J connectivity index is 1.41. The molecule has 37 heavy (non-hydrogen) atoms. The molecule has 1 aliphatic carbocycles. The SMILES string of the molecule is CN1CCN(c2ccc(-n3c(-c4cc(-c5cnc6c(c5)C=CC6)ccn4)cn(C)c3=O)cc2C#N)CC1. The number of hydrogen-bond donors (Lipinski definition) is 0. The lowest BCUT2D eigenvalue weighted by atomic mass is 10.0. The second-order valence-electron chi connectivity index (χ2n) is 9.64. The number of aryl methyl sites for hydroxylation is 1. The number of nitriles is 1. The quantitative estimate of drug-likeness (QED) is 0.436. The molecular weight excluding hydrogens is 462 g/mol. The molecule has 1 saturated heterocycles. The second-order valence-corrected chi connectivity index (χ2v) is 9.64. The summed E-state index contributed by atoms with van der Waals surface area (Å²) in [6.07, 6.45) is 10.5. The molecule has 0 saturated carbocycles. The van der Waals surface area contributed by atoms with Crippen molar-refractivity contribution in [2.24, 2.45) is 7.05 Å². The van der Waals surface area contributed by atoms with Gasteiger partial charge in [-0.25, -0.2) is 4.79 Å². The molecular formula is C29H27N7O. The molecule has 1 aromatic carbocycles. The van der Waals surface area contributed by atoms with E-state index in [4.69, 9.17) is 0 Å². The predicted molar refractivity (Wildman–Crippen MR) is 145 cm³/mol. The zero-order valence-corrected chi connectivity index (χ0v) is 20.9. The van der Waals surface area contributed by atoms with Crippen LogP contribution in [0.4, 0.5) is 5.69 Å². The van der Waals surface area contributed by atoms with Gasteiger partial charge in [0.1, 0.15) is 6.07 Å². The molecule has 2 aliphatic rings. The summed E-state index contributed by atoms with van der Waals surface area (Å²) < 4.78 is 3.18. The lowest BCUT2D eigenvalue weighted by Crippen LogP contribution is -2.44. The van der Waals surface area contributed by atoms with Crippen LogP contribution < -0.4 is 10.6 Å². The molecule has 1 aliphatic heterocycles. The normalized spacial score (nSPS) is 15.1. The van der Waals surface area contributed by atoms with Gasteiger partial charge in [0, 0.05) is 63.8 Å². The Hall–Kier alpha value is -4.48. The minimum absolute atomic E-state index is 0.192. The molecule has 8 heteroatoms. The van der Waals surface area contributed by atoms with Crippen molar-refractivity contribution < 1.29 is 0 Å². The number of anilines is 1. The number of aromatic nitrogens is 4. The first kappa shape index (κ1) is 23.0. The highest BCUT2D eigenvalue weighted by atomic mass is 16.1. The molecule has 4 heterocycles. The average molecular weight is 490 g/mol. The molecule has 8 nitrogen and oxygen atoms in total. The summed E-state index contributed by atoms with van der Waals surface area (Å²) >= 11 is 0. The standard InChI is InChI=1S/C29H27N7O/c1-33-10-12-35(13-11-33)27-7-6-24(15-22(27)17-30)36-28(19-34(2)29(36)37)26-16-20(8-9-31-26)23-14-21-4-3-5-25(21)32-18-23/h3-4,6-9,14-16,18-19H,5,10-13H2,1-2H3. The molecule has 0 bridgehead atoms. The maximum Gasteiger partial charge on any atom is 0.333 e. The van der Waals surface area contributed by atoms with E-state index in [1.165, 1.54) is 0 Å². The van der Waals surface area contributed by atoms with Crippen LogP contribution >= 0.6 is 0 Å². The molecule has 3 aromatic heterocycles. The van der Waals surface area contributed by atoms with Crippen LogP contribution in [0.2, 0.25) is 0 Å². The van der Waals surface area contributed by atoms with E-state index in [0.717, 1.165) is 60.7 Å². The largest absolute Gasteiger partial charge is 0.368 e. The van der Waals surface area contributed by atoms with Gasteiger partial charge in [-0.3, -0.25) is 14.5 Å². The van der Waals surface area contributed by atoms with Crippen LogP contribution in [-0.2, 0) is 13.5 Å². The summed E-state index contributed by atoms with van der Waals surface area (Å²) in [5, 5.41) is 9.96. The molecule has 0 spiro atoms. The molecule has 1 fully saturated rings. The molecule has 184 valence electrons. The van der Waals surface area contributed by atoms with Gasteiger partial charge in [0.25, 0.3) is 0 Å². The lowest BCUT2D eigenvalue weighted by Gasteiger charge is -2.34. The van der Waals surface area contributed by atoms with Gasteiger partial charge in [-0.1, -0.05) is 12.2 Å². The first-order chi connectivity index (χ1) is 18.0. The van der Waals surface area contributed by atoms with E-state index in [-0.39, 0.29) is 5.69 Å². The monoisotopic (exact) mass is 489 g/mol. The Morgan fingerprint density at radius 2 is 1.81 bits per heavy atom. The Kier molecular flexibility index (Phi) is 5.70. The third-order valence-corrected chi connectivity index (χ3v) is 7.22. The van der Waals surface area contributed by atoms with Crippen molar-refractivity contribution in [2.45, 2.75) is 6.42 Å². The van der Waals surface area contributed by atoms with E-state index in [1.807, 2.05) is 30.5 Å². The molecule has 0 unspecified atom stereocenters. The summed E-state index contributed by atoms with van der Waals surface area (Å²) in [6, 6.07) is 14.1. The number of pyridine rings is 2. The van der Waals surface area contributed by atoms with Crippen LogP contribution in [0, 0.1) is 11.3 Å². The van der Waals surface area contributed by atoms with Crippen molar-refractivity contribution in [3.63, 3.8) is 0 Å². The zero-order valence-electron chi connectivity index (χ0n) is 20.9. The van der Waals surface area contributed by atoms with Gasteiger partial charge in [-0.05, 0) is 54.6 Å². The van der Waals surface area contributed by atoms with Gasteiger partial charge in [-0.15, -0.1) is 0 Å². The van der Waals surface area contributed by atoms with Crippen molar-refractivity contribution in [3.05, 3.63) is 88.4 Å². The molecule has 4 aromatic rings. The summed E-state index contributed by atoms with van der Waals surface area (Å²) in [4.78, 5) is 27.0. The first-order valence-electron chi connectivity index (χ1n) is 12.4. The van der Waals surface area contributed by atoms with Crippen LogP contribution in [0.1, 0.15) is 16.8 Å². The van der Waals surface area contributed by atoms with E-state index in [1.54, 1.807) is 34.6 Å². The third-order valence-electron chi connectivity index (χ3n) is 7.22. The van der Waals surface area contributed by atoms with Crippen LogP contribution in [0.3, 0.4) is 0 Å². The number of hydrogen-bond acceptors (Lipinski definition) is 6. The van der Waals surface area contributed by atoms with E-state index >= 15 is 0 Å². The van der Waals surface area contributed by atoms with Gasteiger partial charge in [0.2, 0.25) is 0 Å². The molecule has 0 atom stereocenters. The Morgan fingerprint density at radius 3 is 2.62 bits per heavy atom. The summed E-state index contributed by atoms with van der Waals surface area (Å²) in [5.41, 5.74) is 7.46. The van der Waals surface area contributed by atoms with Crippen LogP contribution in [-0.4, -0.2) is 57.2 Å². The van der Waals surface area contributed by atoms with Crippen molar-refractivity contribution >= 4 is 11.8 Å². The van der Waals surface area contributed by atoms with Gasteiger partial charge < -0.3 is 14.4 Å². The minimum Gasteiger partial charge on any atom is -0.368 e. The van der Waals surface area contributed by atoms with E-state index in [0.29, 0.717) is 22.6 Å². The van der Waals surface area contributed by atoms with Gasteiger partial charge in [0.15, 0.2) is 0 Å². The molecule has 0 amide bonds. The zero-order chi connectivity index (χ0) is 25.5. The Bertz CT molecular complexity index is 1630. The summed E-state index contributed by atoms with van der Waals surface area (Å²) in [7, 11) is 3.84. The highest BCUT2D eigenvalue weighted by Crippen LogP contribution is 2.30. The number of rotatable bonds is 4. The van der Waals surface area contributed by atoms with Crippen LogP contribution in [0.15, 0.2) is 65.9 Å². The maximum atomic E-state index is 13.3. The van der Waals surface area contributed by atoms with Gasteiger partial charge >= 0.3 is 5.69 Å². The van der Waals surface area contributed by atoms with E-state index in [9.17, 15) is 10.1 Å². The highest BCUT2D eigenvalue weighted by molar-refractivity contribution is 5.73. The maximum absolute atomic E-state index is 13.3. The number of piperazine rings is 1. The topological polar surface area (TPSA) is 83.0 Å². The van der Waals surface area contributed by atoms with Gasteiger partial charge in [0.05, 0.1) is 34.0 Å². The number of likely N-dealkylation sites (N-methyl/N-ethyl adjacent to an activating group) is 1. The van der Waals surface area contributed by atoms with E-state index < -0.39 is 0 Å². The van der Waals surface area contributed by atoms with Crippen molar-refractivity contribution in [3.8, 4) is 34.3 Å². The average Bonchev–Trinajstić information content (AvgIpc) is 3.52. The molecule has 0 N–H and O–H groups in total. The molecule has 0 radical (unpaired) electrons. The van der Waals surface area contributed by atoms with Crippen LogP contribution in [0.25, 0.3) is 34.3 Å². The Morgan fingerprint density at radius 1 is 0.973 bits per heavy atom. The number of nitrogens with zero attached hydrogens (tertiary/aromatic N) is 7. The fourth-order valence-corrected chi connectivity index (χ4v) is 5.09. The second kappa shape index (κ2) is 9.19. The fraction of sp³-hybridized carbons (Fsp3) is 0.241. The van der Waals surface area contributed by atoms with Crippen molar-refractivity contribution in [2.75, 3.05) is 38.1 Å². The Labute approximate surface area is 215 Å². The number of allylic oxidation sites excluding steroid dienone is 1. The highest BCUT2D eigenvalue weighted by Gasteiger charge is 2.20. The number of fused-ring (bicyclic) bond motifs is 1. The number of benzene rings is 1. The predicted octanol–water partition coefficient (Wildman–Crippen LogP) is 3.49. The summed E-state index contributed by atoms with van der Waals surface area (Å²) in [5.74, 6) is 0. The summed E-state index contributed by atoms with van der Waals surface area (Å²) in [6.45, 7) is 3.64. The van der Waals surface area contributed by atoms with Crippen molar-refractivity contribution in [1.82, 2.24) is 24.0 Å². The van der Waals surface area contributed by atoms with E-state index in [2.05, 4.69) is 51.1 Å². The first-order valence-corrected chi connectivity index (χ1v) is 12.4. The fourth-order valence-electron chi connectivity index (χ4n) is 5.09. The lowest BCUT2D eigenvalue weighted by molar-refractivity contribution is 0.313. The number of imidazole rings is 1. The minimum atomic E-state index is -0.192. The van der Waals surface area contributed by atoms with Gasteiger partial charge in [-0.2, -0.15) is 5.26 Å². The molecule has 6 rings (SSSR count).